The van der Waals surface area contributed by atoms with Gasteiger partial charge < -0.3 is 13.9 Å². The second kappa shape index (κ2) is 12.5. The fraction of sp³-hybridized carbons (Fsp3) is 0. The average molecular weight is 727 g/mol. The summed E-state index contributed by atoms with van der Waals surface area (Å²) >= 11 is 0. The predicted molar refractivity (Wildman–Crippen MR) is 241 cm³/mol. The van der Waals surface area contributed by atoms with Crippen molar-refractivity contribution in [1.82, 2.24) is 4.57 Å². The van der Waals surface area contributed by atoms with Gasteiger partial charge in [-0.3, -0.25) is 0 Å². The number of nitrogens with zero attached hydrogens (tertiary/aromatic N) is 2. The van der Waals surface area contributed by atoms with Gasteiger partial charge in [0.2, 0.25) is 0 Å². The van der Waals surface area contributed by atoms with Crippen LogP contribution in [-0.2, 0) is 0 Å². The molecule has 0 amide bonds. The normalized spacial score (nSPS) is 11.9. The minimum absolute atomic E-state index is 0.866. The number of para-hydroxylation sites is 3. The van der Waals surface area contributed by atoms with Crippen LogP contribution in [0.25, 0.3) is 92.9 Å². The molecule has 3 nitrogen and oxygen atoms in total. The molecule has 2 heterocycles. The summed E-state index contributed by atoms with van der Waals surface area (Å²) in [5.41, 5.74) is 10.8. The molecule has 0 unspecified atom stereocenters. The first kappa shape index (κ1) is 31.7. The van der Waals surface area contributed by atoms with Crippen LogP contribution in [0.3, 0.4) is 0 Å². The number of fused-ring (bicyclic) bond motifs is 12. The van der Waals surface area contributed by atoms with Crippen LogP contribution >= 0.6 is 0 Å². The molecule has 0 atom stereocenters. The standard InChI is InChI=1S/C54H34N2O/c1-2-13-37(14-3-1)56-49-21-10-8-20-47(49)54-50(22-12-23-51(54)56)55(39-30-32-46-45-19-9-11-24-52(45)57-53(46)34-39)38-28-25-35(26-29-38)36-27-31-44-42-17-5-4-15-40(42)41-16-6-7-18-43(41)48(44)33-36/h1-34H. The minimum atomic E-state index is 0.866. The Bertz CT molecular complexity index is 3490. The van der Waals surface area contributed by atoms with E-state index in [0.717, 1.165) is 50.2 Å². The lowest BCUT2D eigenvalue weighted by Gasteiger charge is -2.27. The summed E-state index contributed by atoms with van der Waals surface area (Å²) in [5, 5.41) is 12.3. The van der Waals surface area contributed by atoms with E-state index >= 15 is 0 Å². The second-order valence-electron chi connectivity index (χ2n) is 14.9. The van der Waals surface area contributed by atoms with Gasteiger partial charge in [0.25, 0.3) is 0 Å². The predicted octanol–water partition coefficient (Wildman–Crippen LogP) is 15.3. The van der Waals surface area contributed by atoms with Crippen LogP contribution in [0.4, 0.5) is 17.1 Å². The number of hydrogen-bond acceptors (Lipinski definition) is 2. The van der Waals surface area contributed by atoms with Crippen LogP contribution in [0.1, 0.15) is 0 Å². The highest BCUT2D eigenvalue weighted by atomic mass is 16.3. The van der Waals surface area contributed by atoms with Gasteiger partial charge >= 0.3 is 0 Å². The van der Waals surface area contributed by atoms with E-state index in [2.05, 4.69) is 204 Å². The van der Waals surface area contributed by atoms with Crippen molar-refractivity contribution < 1.29 is 4.42 Å². The first-order valence-corrected chi connectivity index (χ1v) is 19.5. The van der Waals surface area contributed by atoms with Gasteiger partial charge in [-0.1, -0.05) is 133 Å². The van der Waals surface area contributed by atoms with Crippen molar-refractivity contribution in [2.75, 3.05) is 4.90 Å². The molecule has 0 aliphatic carbocycles. The Morgan fingerprint density at radius 3 is 1.63 bits per heavy atom. The zero-order valence-corrected chi connectivity index (χ0v) is 30.9. The van der Waals surface area contributed by atoms with E-state index < -0.39 is 0 Å². The van der Waals surface area contributed by atoms with Gasteiger partial charge in [0, 0.05) is 44.7 Å². The summed E-state index contributed by atoms with van der Waals surface area (Å²) in [4.78, 5) is 2.39. The molecule has 0 saturated heterocycles. The summed E-state index contributed by atoms with van der Waals surface area (Å²) in [6, 6.07) is 74.5. The summed E-state index contributed by atoms with van der Waals surface area (Å²) < 4.78 is 8.85. The largest absolute Gasteiger partial charge is 0.456 e. The zero-order valence-electron chi connectivity index (χ0n) is 30.9. The molecule has 0 saturated carbocycles. The quantitative estimate of drug-likeness (QED) is 0.165. The van der Waals surface area contributed by atoms with Crippen LogP contribution in [0, 0.1) is 0 Å². The highest BCUT2D eigenvalue weighted by Gasteiger charge is 2.22. The highest BCUT2D eigenvalue weighted by molar-refractivity contribution is 6.26. The molecule has 12 aromatic rings. The average Bonchev–Trinajstić information content (AvgIpc) is 3.83. The molecule has 0 fully saturated rings. The maximum Gasteiger partial charge on any atom is 0.137 e. The molecule has 12 rings (SSSR count). The summed E-state index contributed by atoms with van der Waals surface area (Å²) in [6.07, 6.45) is 0. The van der Waals surface area contributed by atoms with Crippen LogP contribution in [-0.4, -0.2) is 4.57 Å². The summed E-state index contributed by atoms with van der Waals surface area (Å²) in [6.45, 7) is 0. The Balaban J connectivity index is 1.06. The van der Waals surface area contributed by atoms with E-state index in [9.17, 15) is 0 Å². The van der Waals surface area contributed by atoms with E-state index in [4.69, 9.17) is 4.42 Å². The van der Waals surface area contributed by atoms with E-state index in [1.807, 2.05) is 12.1 Å². The van der Waals surface area contributed by atoms with Crippen molar-refractivity contribution in [3.05, 3.63) is 206 Å². The number of anilines is 3. The second-order valence-corrected chi connectivity index (χ2v) is 14.9. The first-order valence-electron chi connectivity index (χ1n) is 19.5. The maximum absolute atomic E-state index is 6.47. The van der Waals surface area contributed by atoms with E-state index in [-0.39, 0.29) is 0 Å². The number of rotatable bonds is 5. The third-order valence-corrected chi connectivity index (χ3v) is 11.8. The first-order chi connectivity index (χ1) is 28.3. The molecule has 0 spiro atoms. The minimum Gasteiger partial charge on any atom is -0.456 e. The fourth-order valence-electron chi connectivity index (χ4n) is 9.21. The third-order valence-electron chi connectivity index (χ3n) is 11.8. The molecule has 0 aliphatic heterocycles. The number of aromatic nitrogens is 1. The lowest BCUT2D eigenvalue weighted by Crippen LogP contribution is -2.10. The topological polar surface area (TPSA) is 21.3 Å². The number of benzene rings is 10. The van der Waals surface area contributed by atoms with Crippen molar-refractivity contribution in [3.8, 4) is 16.8 Å². The summed E-state index contributed by atoms with van der Waals surface area (Å²) in [7, 11) is 0. The molecular formula is C54H34N2O. The zero-order chi connectivity index (χ0) is 37.5. The molecule has 57 heavy (non-hydrogen) atoms. The molecule has 0 bridgehead atoms. The molecule has 266 valence electrons. The van der Waals surface area contributed by atoms with Crippen LogP contribution in [0.5, 0.6) is 0 Å². The van der Waals surface area contributed by atoms with Gasteiger partial charge in [-0.15, -0.1) is 0 Å². The van der Waals surface area contributed by atoms with Gasteiger partial charge in [0.1, 0.15) is 11.2 Å². The van der Waals surface area contributed by atoms with Crippen molar-refractivity contribution in [2.24, 2.45) is 0 Å². The van der Waals surface area contributed by atoms with Crippen LogP contribution in [0.2, 0.25) is 0 Å². The van der Waals surface area contributed by atoms with E-state index in [0.29, 0.717) is 0 Å². The molecule has 3 heteroatoms. The van der Waals surface area contributed by atoms with E-state index in [1.54, 1.807) is 0 Å². The smallest absolute Gasteiger partial charge is 0.137 e. The molecule has 0 radical (unpaired) electrons. The van der Waals surface area contributed by atoms with Gasteiger partial charge in [-0.05, 0) is 110 Å². The molecular weight excluding hydrogens is 693 g/mol. The molecule has 10 aromatic carbocycles. The summed E-state index contributed by atoms with van der Waals surface area (Å²) in [5.74, 6) is 0. The Labute approximate surface area is 328 Å². The van der Waals surface area contributed by atoms with E-state index in [1.165, 1.54) is 59.7 Å². The lowest BCUT2D eigenvalue weighted by molar-refractivity contribution is 0.669. The molecule has 0 aliphatic rings. The fourth-order valence-corrected chi connectivity index (χ4v) is 9.21. The van der Waals surface area contributed by atoms with Crippen molar-refractivity contribution in [1.29, 1.82) is 0 Å². The molecule has 2 aromatic heterocycles. The highest BCUT2D eigenvalue weighted by Crippen LogP contribution is 2.45. The SMILES string of the molecule is c1ccc(-n2c3ccccc3c3c(N(c4ccc(-c5ccc6c7ccccc7c7ccccc7c6c5)cc4)c4ccc5c(c4)oc4ccccc45)cccc32)cc1. The third kappa shape index (κ3) is 4.86. The Kier molecular flexibility index (Phi) is 6.93. The Morgan fingerprint density at radius 1 is 0.333 bits per heavy atom. The van der Waals surface area contributed by atoms with Crippen LogP contribution < -0.4 is 4.90 Å². The monoisotopic (exact) mass is 726 g/mol. The maximum atomic E-state index is 6.47. The van der Waals surface area contributed by atoms with Crippen molar-refractivity contribution in [2.45, 2.75) is 0 Å². The van der Waals surface area contributed by atoms with Gasteiger partial charge in [-0.25, -0.2) is 0 Å². The lowest BCUT2D eigenvalue weighted by atomic mass is 9.92. The number of hydrogen-bond donors (Lipinski definition) is 0. The Morgan fingerprint density at radius 2 is 0.877 bits per heavy atom. The van der Waals surface area contributed by atoms with Gasteiger partial charge in [0.15, 0.2) is 0 Å². The van der Waals surface area contributed by atoms with Gasteiger partial charge in [-0.2, -0.15) is 0 Å². The Hall–Kier alpha value is -7.62. The van der Waals surface area contributed by atoms with Gasteiger partial charge in [0.05, 0.1) is 16.7 Å². The molecule has 0 N–H and O–H groups in total. The van der Waals surface area contributed by atoms with Crippen molar-refractivity contribution >= 4 is 93.1 Å². The van der Waals surface area contributed by atoms with Crippen molar-refractivity contribution in [3.63, 3.8) is 0 Å². The number of furan rings is 1. The van der Waals surface area contributed by atoms with Crippen LogP contribution in [0.15, 0.2) is 211 Å².